The molecule has 3 aliphatic rings. The van der Waals surface area contributed by atoms with Crippen LogP contribution in [0.3, 0.4) is 0 Å². The van der Waals surface area contributed by atoms with Gasteiger partial charge in [-0.15, -0.1) is 0 Å². The SMILES string of the molecule is Cn1c(OCCC23CC(O)C(C)(O2)C2C(=O)N(c4ccc(C#N)c5ccccc45)C(=O)C23)nc2cncnc21. The van der Waals surface area contributed by atoms with E-state index in [0.717, 1.165) is 0 Å². The fourth-order valence-electron chi connectivity index (χ4n) is 6.80. The highest BCUT2D eigenvalue weighted by Crippen LogP contribution is 2.62. The Kier molecular flexibility index (Phi) is 4.89. The van der Waals surface area contributed by atoms with E-state index in [1.165, 1.54) is 11.2 Å². The number of fused-ring (bicyclic) bond motifs is 7. The average Bonchev–Trinajstić information content (AvgIpc) is 3.58. The number of anilines is 1. The lowest BCUT2D eigenvalue weighted by Crippen LogP contribution is -2.49. The molecule has 1 N–H and O–H groups in total. The van der Waals surface area contributed by atoms with E-state index in [1.54, 1.807) is 49.0 Å². The second-order valence-electron chi connectivity index (χ2n) is 10.6. The number of aromatic nitrogens is 4. The van der Waals surface area contributed by atoms with Gasteiger partial charge in [0.25, 0.3) is 6.01 Å². The number of carbonyl (C=O) groups excluding carboxylic acids is 2. The quantitative estimate of drug-likeness (QED) is 0.389. The van der Waals surface area contributed by atoms with Gasteiger partial charge in [-0.2, -0.15) is 10.2 Å². The van der Waals surface area contributed by atoms with Crippen LogP contribution in [0.1, 0.15) is 25.3 Å². The molecule has 0 spiro atoms. The molecular weight excluding hydrogens is 500 g/mol. The number of rotatable bonds is 5. The van der Waals surface area contributed by atoms with E-state index in [4.69, 9.17) is 9.47 Å². The number of aliphatic hydroxyl groups excluding tert-OH is 1. The summed E-state index contributed by atoms with van der Waals surface area (Å²) in [7, 11) is 1.79. The number of imidazole rings is 1. The minimum Gasteiger partial charge on any atom is -0.465 e. The van der Waals surface area contributed by atoms with Crippen LogP contribution in [0.2, 0.25) is 0 Å². The molecule has 3 aliphatic heterocycles. The number of aliphatic hydroxyl groups is 1. The number of aryl methyl sites for hydroxylation is 1. The summed E-state index contributed by atoms with van der Waals surface area (Å²) in [6.07, 6.45) is 2.60. The molecule has 11 heteroatoms. The van der Waals surface area contributed by atoms with Crippen LogP contribution in [-0.2, 0) is 21.4 Å². The number of carbonyl (C=O) groups is 2. The zero-order valence-electron chi connectivity index (χ0n) is 21.2. The predicted molar refractivity (Wildman–Crippen MR) is 137 cm³/mol. The highest BCUT2D eigenvalue weighted by Gasteiger charge is 2.77. The molecule has 39 heavy (non-hydrogen) atoms. The molecule has 0 saturated carbocycles. The van der Waals surface area contributed by atoms with Gasteiger partial charge in [-0.3, -0.25) is 14.2 Å². The molecule has 3 saturated heterocycles. The van der Waals surface area contributed by atoms with Crippen molar-refractivity contribution >= 4 is 39.4 Å². The van der Waals surface area contributed by atoms with Crippen LogP contribution in [0.25, 0.3) is 21.9 Å². The first-order chi connectivity index (χ1) is 18.8. The highest BCUT2D eigenvalue weighted by atomic mass is 16.6. The lowest BCUT2D eigenvalue weighted by Gasteiger charge is -2.33. The summed E-state index contributed by atoms with van der Waals surface area (Å²) < 4.78 is 14.1. The molecule has 5 heterocycles. The number of nitriles is 1. The first-order valence-corrected chi connectivity index (χ1v) is 12.7. The second kappa shape index (κ2) is 8.05. The van der Waals surface area contributed by atoms with E-state index < -0.39 is 35.0 Å². The Labute approximate surface area is 222 Å². The number of ether oxygens (including phenoxy) is 2. The third kappa shape index (κ3) is 3.07. The average molecular weight is 525 g/mol. The van der Waals surface area contributed by atoms with Crippen molar-refractivity contribution in [1.82, 2.24) is 19.5 Å². The van der Waals surface area contributed by atoms with Gasteiger partial charge < -0.3 is 14.6 Å². The highest BCUT2D eigenvalue weighted by molar-refractivity contribution is 6.26. The van der Waals surface area contributed by atoms with Gasteiger partial charge in [0, 0.05) is 30.7 Å². The van der Waals surface area contributed by atoms with E-state index in [2.05, 4.69) is 21.0 Å². The first-order valence-electron chi connectivity index (χ1n) is 12.7. The van der Waals surface area contributed by atoms with Crippen LogP contribution in [0.4, 0.5) is 5.69 Å². The summed E-state index contributed by atoms with van der Waals surface area (Å²) in [5.74, 6) is -2.39. The molecule has 3 fully saturated rings. The molecule has 4 aromatic rings. The van der Waals surface area contributed by atoms with Crippen molar-refractivity contribution in [2.45, 2.75) is 37.1 Å². The molecule has 2 aromatic heterocycles. The monoisotopic (exact) mass is 524 g/mol. The van der Waals surface area contributed by atoms with E-state index in [0.29, 0.717) is 39.2 Å². The fourth-order valence-corrected chi connectivity index (χ4v) is 6.80. The van der Waals surface area contributed by atoms with E-state index in [1.807, 2.05) is 12.1 Å². The summed E-state index contributed by atoms with van der Waals surface area (Å²) in [5, 5.41) is 21.9. The van der Waals surface area contributed by atoms with E-state index >= 15 is 0 Å². The maximum absolute atomic E-state index is 14.1. The predicted octanol–water partition coefficient (Wildman–Crippen LogP) is 2.26. The standard InChI is InChI=1S/C28H24N6O5/c1-27-20(35)11-28(39-27,9-10-38-26-32-18-13-30-14-31-23(18)33(26)2)22-21(27)24(36)34(25(22)37)19-8-7-15(12-29)16-5-3-4-6-17(16)19/h3-8,13-14,20-22,35H,9-11H2,1-2H3. The van der Waals surface area contributed by atoms with Crippen molar-refractivity contribution in [2.75, 3.05) is 11.5 Å². The summed E-state index contributed by atoms with van der Waals surface area (Å²) >= 11 is 0. The van der Waals surface area contributed by atoms with Gasteiger partial charge in [-0.1, -0.05) is 24.3 Å². The molecule has 5 atom stereocenters. The van der Waals surface area contributed by atoms with Crippen molar-refractivity contribution in [3.05, 3.63) is 54.5 Å². The number of imide groups is 1. The summed E-state index contributed by atoms with van der Waals surface area (Å²) in [5.41, 5.74) is -0.174. The molecule has 5 unspecified atom stereocenters. The van der Waals surface area contributed by atoms with Gasteiger partial charge >= 0.3 is 0 Å². The van der Waals surface area contributed by atoms with Crippen LogP contribution in [0, 0.1) is 23.2 Å². The maximum Gasteiger partial charge on any atom is 0.298 e. The van der Waals surface area contributed by atoms with Gasteiger partial charge in [0.15, 0.2) is 5.65 Å². The van der Waals surface area contributed by atoms with Crippen LogP contribution in [-0.4, -0.2) is 60.4 Å². The van der Waals surface area contributed by atoms with Gasteiger partial charge in [-0.05, 0) is 19.1 Å². The zero-order chi connectivity index (χ0) is 27.1. The van der Waals surface area contributed by atoms with Crippen LogP contribution in [0.15, 0.2) is 48.9 Å². The lowest BCUT2D eigenvalue weighted by molar-refractivity contribution is -0.134. The van der Waals surface area contributed by atoms with Gasteiger partial charge in [0.05, 0.1) is 53.7 Å². The molecule has 11 nitrogen and oxygen atoms in total. The van der Waals surface area contributed by atoms with Gasteiger partial charge in [0.1, 0.15) is 17.4 Å². The molecule has 7 rings (SSSR count). The number of amides is 2. The second-order valence-corrected chi connectivity index (χ2v) is 10.6. The summed E-state index contributed by atoms with van der Waals surface area (Å²) in [4.78, 5) is 41.8. The molecule has 2 bridgehead atoms. The third-order valence-electron chi connectivity index (χ3n) is 8.63. The maximum atomic E-state index is 14.1. The Morgan fingerprint density at radius 2 is 1.95 bits per heavy atom. The summed E-state index contributed by atoms with van der Waals surface area (Å²) in [6.45, 7) is 1.86. The Morgan fingerprint density at radius 1 is 1.18 bits per heavy atom. The van der Waals surface area contributed by atoms with E-state index in [-0.39, 0.29) is 25.4 Å². The summed E-state index contributed by atoms with van der Waals surface area (Å²) in [6, 6.07) is 13.0. The normalized spacial score (nSPS) is 29.4. The minimum atomic E-state index is -1.21. The van der Waals surface area contributed by atoms with Crippen LogP contribution < -0.4 is 9.64 Å². The number of benzene rings is 2. The Morgan fingerprint density at radius 3 is 2.72 bits per heavy atom. The third-order valence-corrected chi connectivity index (χ3v) is 8.63. The van der Waals surface area contributed by atoms with Crippen molar-refractivity contribution in [3.63, 3.8) is 0 Å². The minimum absolute atomic E-state index is 0.151. The smallest absolute Gasteiger partial charge is 0.298 e. The van der Waals surface area contributed by atoms with Crippen molar-refractivity contribution in [3.8, 4) is 12.1 Å². The lowest BCUT2D eigenvalue weighted by atomic mass is 9.66. The Balaban J connectivity index is 1.23. The largest absolute Gasteiger partial charge is 0.465 e. The molecular formula is C28H24N6O5. The molecule has 2 aromatic carbocycles. The van der Waals surface area contributed by atoms with Gasteiger partial charge in [-0.25, -0.2) is 14.9 Å². The van der Waals surface area contributed by atoms with Crippen molar-refractivity contribution in [2.24, 2.45) is 18.9 Å². The molecule has 0 radical (unpaired) electrons. The van der Waals surface area contributed by atoms with Gasteiger partial charge in [0.2, 0.25) is 11.8 Å². The number of hydrogen-bond donors (Lipinski definition) is 1. The van der Waals surface area contributed by atoms with Crippen LogP contribution in [0.5, 0.6) is 6.01 Å². The Hall–Kier alpha value is -4.40. The topological polar surface area (TPSA) is 143 Å². The van der Waals surface area contributed by atoms with Crippen molar-refractivity contribution in [1.29, 1.82) is 5.26 Å². The fraction of sp³-hybridized carbons (Fsp3) is 0.357. The molecule has 2 amide bonds. The molecule has 196 valence electrons. The first kappa shape index (κ1) is 23.7. The Bertz CT molecular complexity index is 1750. The molecule has 0 aliphatic carbocycles. The number of nitrogens with zero attached hydrogens (tertiary/aromatic N) is 6. The van der Waals surface area contributed by atoms with Crippen molar-refractivity contribution < 1.29 is 24.2 Å². The zero-order valence-corrected chi connectivity index (χ0v) is 21.2. The number of hydrogen-bond acceptors (Lipinski definition) is 9. The van der Waals surface area contributed by atoms with Crippen LogP contribution >= 0.6 is 0 Å². The van der Waals surface area contributed by atoms with E-state index in [9.17, 15) is 20.0 Å².